The van der Waals surface area contributed by atoms with Crippen LogP contribution in [-0.2, 0) is 6.42 Å². The smallest absolute Gasteiger partial charge is 0.0470 e. The van der Waals surface area contributed by atoms with E-state index in [4.69, 9.17) is 0 Å². The van der Waals surface area contributed by atoms with Gasteiger partial charge >= 0.3 is 0 Å². The molecule has 2 fully saturated rings. The molecule has 1 aromatic heterocycles. The number of aryl methyl sites for hydroxylation is 1. The molecule has 1 aliphatic heterocycles. The second kappa shape index (κ2) is 7.06. The van der Waals surface area contributed by atoms with Crippen LogP contribution in [0.5, 0.6) is 0 Å². The van der Waals surface area contributed by atoms with Gasteiger partial charge < -0.3 is 5.32 Å². The lowest BCUT2D eigenvalue weighted by molar-refractivity contribution is 0.106. The lowest BCUT2D eigenvalue weighted by Gasteiger charge is -2.40. The number of nitrogens with zero attached hydrogens (tertiary/aromatic N) is 1. The average Bonchev–Trinajstić information content (AvgIpc) is 2.98. The molecule has 112 valence electrons. The first-order valence-electron chi connectivity index (χ1n) is 8.42. The molecule has 0 bridgehead atoms. The van der Waals surface area contributed by atoms with Gasteiger partial charge in [-0.15, -0.1) is 11.3 Å². The molecule has 1 aromatic rings. The Balaban J connectivity index is 1.81. The largest absolute Gasteiger partial charge is 0.314 e. The summed E-state index contributed by atoms with van der Waals surface area (Å²) in [6.07, 6.45) is 8.40. The molecule has 0 unspecified atom stereocenters. The summed E-state index contributed by atoms with van der Waals surface area (Å²) in [4.78, 5) is 5.95. The summed E-state index contributed by atoms with van der Waals surface area (Å²) in [5.41, 5.74) is 0. The highest BCUT2D eigenvalue weighted by Gasteiger charge is 2.31. The van der Waals surface area contributed by atoms with E-state index in [1.54, 1.807) is 9.75 Å². The summed E-state index contributed by atoms with van der Waals surface area (Å²) in [6.45, 7) is 7.04. The molecule has 3 rings (SSSR count). The first-order valence-corrected chi connectivity index (χ1v) is 9.23. The third-order valence-corrected chi connectivity index (χ3v) is 6.26. The Morgan fingerprint density at radius 3 is 2.60 bits per heavy atom. The summed E-state index contributed by atoms with van der Waals surface area (Å²) in [6, 6.07) is 5.48. The van der Waals surface area contributed by atoms with Crippen LogP contribution in [0.4, 0.5) is 0 Å². The van der Waals surface area contributed by atoms with E-state index < -0.39 is 0 Å². The van der Waals surface area contributed by atoms with E-state index >= 15 is 0 Å². The molecule has 3 heteroatoms. The lowest BCUT2D eigenvalue weighted by Crippen LogP contribution is -2.47. The molecule has 0 spiro atoms. The van der Waals surface area contributed by atoms with Crippen LogP contribution in [0, 0.1) is 5.92 Å². The summed E-state index contributed by atoms with van der Waals surface area (Å²) in [5.74, 6) is 0.894. The maximum atomic E-state index is 3.50. The van der Waals surface area contributed by atoms with E-state index in [1.165, 1.54) is 51.6 Å². The zero-order valence-corrected chi connectivity index (χ0v) is 13.6. The van der Waals surface area contributed by atoms with E-state index in [-0.39, 0.29) is 0 Å². The molecular formula is C17H28N2S. The molecule has 1 saturated heterocycles. The predicted molar refractivity (Wildman–Crippen MR) is 87.5 cm³/mol. The topological polar surface area (TPSA) is 15.3 Å². The van der Waals surface area contributed by atoms with Gasteiger partial charge in [0.15, 0.2) is 0 Å². The third-order valence-electron chi connectivity index (χ3n) is 4.96. The van der Waals surface area contributed by atoms with Crippen LogP contribution < -0.4 is 5.32 Å². The molecule has 1 aliphatic carbocycles. The van der Waals surface area contributed by atoms with Crippen molar-refractivity contribution in [1.29, 1.82) is 0 Å². The maximum Gasteiger partial charge on any atom is 0.0470 e. The highest BCUT2D eigenvalue weighted by molar-refractivity contribution is 7.12. The van der Waals surface area contributed by atoms with Crippen LogP contribution in [0.25, 0.3) is 0 Å². The van der Waals surface area contributed by atoms with Gasteiger partial charge in [0.1, 0.15) is 0 Å². The van der Waals surface area contributed by atoms with Crippen LogP contribution >= 0.6 is 11.3 Å². The van der Waals surface area contributed by atoms with Crippen molar-refractivity contribution in [3.8, 4) is 0 Å². The van der Waals surface area contributed by atoms with Gasteiger partial charge in [-0.3, -0.25) is 4.90 Å². The minimum Gasteiger partial charge on any atom is -0.314 e. The number of thiophene rings is 1. The van der Waals surface area contributed by atoms with Crippen molar-refractivity contribution in [2.75, 3.05) is 26.2 Å². The van der Waals surface area contributed by atoms with E-state index in [0.29, 0.717) is 6.04 Å². The molecule has 1 atom stereocenters. The van der Waals surface area contributed by atoms with Crippen LogP contribution in [0.3, 0.4) is 0 Å². The standard InChI is InChI=1S/C17H28N2S/c1-2-15-8-9-16(20-15)17(14-6-4-3-5-7-14)19-12-10-18-11-13-19/h8-9,14,17-18H,2-7,10-13H2,1H3/t17-/m0/s1. The van der Waals surface area contributed by atoms with Gasteiger partial charge in [-0.1, -0.05) is 26.2 Å². The van der Waals surface area contributed by atoms with Crippen LogP contribution in [-0.4, -0.2) is 31.1 Å². The van der Waals surface area contributed by atoms with Gasteiger partial charge in [0.05, 0.1) is 0 Å². The minimum atomic E-state index is 0.697. The Morgan fingerprint density at radius 2 is 1.95 bits per heavy atom. The van der Waals surface area contributed by atoms with E-state index in [9.17, 15) is 0 Å². The predicted octanol–water partition coefficient (Wildman–Crippen LogP) is 3.84. The van der Waals surface area contributed by atoms with Crippen LogP contribution in [0.2, 0.25) is 0 Å². The van der Waals surface area contributed by atoms with Gasteiger partial charge in [-0.25, -0.2) is 0 Å². The molecular weight excluding hydrogens is 264 g/mol. The van der Waals surface area contributed by atoms with Crippen molar-refractivity contribution in [3.05, 3.63) is 21.9 Å². The zero-order chi connectivity index (χ0) is 13.8. The summed E-state index contributed by atoms with van der Waals surface area (Å²) in [7, 11) is 0. The van der Waals surface area contributed by atoms with E-state index in [0.717, 1.165) is 19.0 Å². The van der Waals surface area contributed by atoms with Gasteiger partial charge in [-0.2, -0.15) is 0 Å². The summed E-state index contributed by atoms with van der Waals surface area (Å²) in [5, 5.41) is 3.50. The lowest BCUT2D eigenvalue weighted by atomic mass is 9.82. The minimum absolute atomic E-state index is 0.697. The molecule has 1 saturated carbocycles. The Bertz CT molecular complexity index is 385. The molecule has 1 N–H and O–H groups in total. The Hall–Kier alpha value is -0.380. The fraction of sp³-hybridized carbons (Fsp3) is 0.765. The Kier molecular flexibility index (Phi) is 5.14. The van der Waals surface area contributed by atoms with Crippen molar-refractivity contribution in [3.63, 3.8) is 0 Å². The van der Waals surface area contributed by atoms with Gasteiger partial charge in [-0.05, 0) is 37.3 Å². The highest BCUT2D eigenvalue weighted by Crippen LogP contribution is 2.41. The quantitative estimate of drug-likeness (QED) is 0.907. The summed E-state index contributed by atoms with van der Waals surface area (Å²) >= 11 is 2.07. The van der Waals surface area contributed by atoms with Crippen LogP contribution in [0.1, 0.15) is 54.8 Å². The number of hydrogen-bond donors (Lipinski definition) is 1. The fourth-order valence-electron chi connectivity index (χ4n) is 3.86. The van der Waals surface area contributed by atoms with Crippen LogP contribution in [0.15, 0.2) is 12.1 Å². The van der Waals surface area contributed by atoms with Crippen molar-refractivity contribution in [1.82, 2.24) is 10.2 Å². The summed E-state index contributed by atoms with van der Waals surface area (Å²) < 4.78 is 0. The number of hydrogen-bond acceptors (Lipinski definition) is 3. The SMILES string of the molecule is CCc1ccc([C@H](C2CCCCC2)N2CCNCC2)s1. The normalized spacial score (nSPS) is 23.9. The van der Waals surface area contributed by atoms with Gasteiger partial charge in [0, 0.05) is 42.0 Å². The van der Waals surface area contributed by atoms with Crippen molar-refractivity contribution >= 4 is 11.3 Å². The maximum absolute atomic E-state index is 3.50. The van der Waals surface area contributed by atoms with E-state index in [2.05, 4.69) is 40.6 Å². The fourth-order valence-corrected chi connectivity index (χ4v) is 5.05. The van der Waals surface area contributed by atoms with Crippen molar-refractivity contribution in [2.45, 2.75) is 51.5 Å². The Labute approximate surface area is 127 Å². The van der Waals surface area contributed by atoms with E-state index in [1.807, 2.05) is 0 Å². The first kappa shape index (κ1) is 14.6. The number of piperazine rings is 1. The molecule has 0 aromatic carbocycles. The van der Waals surface area contributed by atoms with Crippen molar-refractivity contribution in [2.24, 2.45) is 5.92 Å². The Morgan fingerprint density at radius 1 is 1.20 bits per heavy atom. The van der Waals surface area contributed by atoms with Gasteiger partial charge in [0.25, 0.3) is 0 Å². The molecule has 2 nitrogen and oxygen atoms in total. The van der Waals surface area contributed by atoms with Gasteiger partial charge in [0.2, 0.25) is 0 Å². The molecule has 2 heterocycles. The van der Waals surface area contributed by atoms with Crippen molar-refractivity contribution < 1.29 is 0 Å². The molecule has 0 radical (unpaired) electrons. The number of rotatable bonds is 4. The average molecular weight is 292 g/mol. The first-order chi connectivity index (χ1) is 9.88. The third kappa shape index (κ3) is 3.26. The molecule has 0 amide bonds. The molecule has 2 aliphatic rings. The monoisotopic (exact) mass is 292 g/mol. The second-order valence-electron chi connectivity index (χ2n) is 6.29. The zero-order valence-electron chi connectivity index (χ0n) is 12.7. The number of nitrogens with one attached hydrogen (secondary N) is 1. The molecule has 20 heavy (non-hydrogen) atoms. The second-order valence-corrected chi connectivity index (χ2v) is 7.49. The highest BCUT2D eigenvalue weighted by atomic mass is 32.1.